The first kappa shape index (κ1) is 15.2. The Kier molecular flexibility index (Phi) is 4.56. The van der Waals surface area contributed by atoms with E-state index in [9.17, 15) is 8.42 Å². The van der Waals surface area contributed by atoms with Gasteiger partial charge < -0.3 is 0 Å². The van der Waals surface area contributed by atoms with Crippen LogP contribution in [-0.4, -0.2) is 13.4 Å². The lowest BCUT2D eigenvalue weighted by molar-refractivity contribution is 0.601. The molecule has 0 spiro atoms. The van der Waals surface area contributed by atoms with Gasteiger partial charge in [0.15, 0.2) is 5.15 Å². The van der Waals surface area contributed by atoms with Crippen LogP contribution in [0.2, 0.25) is 5.15 Å². The maximum Gasteiger partial charge on any atom is 0.264 e. The van der Waals surface area contributed by atoms with E-state index >= 15 is 0 Å². The highest BCUT2D eigenvalue weighted by Gasteiger charge is 2.22. The van der Waals surface area contributed by atoms with E-state index in [0.717, 1.165) is 0 Å². The van der Waals surface area contributed by atoms with Crippen LogP contribution in [0.5, 0.6) is 0 Å². The second-order valence-corrected chi connectivity index (χ2v) is 9.35. The van der Waals surface area contributed by atoms with Gasteiger partial charge in [0.1, 0.15) is 4.90 Å². The number of aryl methyl sites for hydroxylation is 1. The summed E-state index contributed by atoms with van der Waals surface area (Å²) in [7, 11) is -3.71. The molecule has 0 radical (unpaired) electrons. The molecule has 1 N–H and O–H groups in total. The molecule has 2 heterocycles. The van der Waals surface area contributed by atoms with Crippen LogP contribution in [0.15, 0.2) is 30.8 Å². The van der Waals surface area contributed by atoms with Crippen LogP contribution in [-0.2, 0) is 10.0 Å². The summed E-state index contributed by atoms with van der Waals surface area (Å²) in [5.41, 5.74) is 0.993. The van der Waals surface area contributed by atoms with Gasteiger partial charge in [0.2, 0.25) is 0 Å². The fourth-order valence-corrected chi connectivity index (χ4v) is 6.61. The average molecular weight is 447 g/mol. The maximum atomic E-state index is 12.3. The van der Waals surface area contributed by atoms with Crippen molar-refractivity contribution >= 4 is 70.5 Å². The molecular weight excluding hydrogens is 440 g/mol. The van der Waals surface area contributed by atoms with E-state index in [0.29, 0.717) is 18.8 Å². The summed E-state index contributed by atoms with van der Waals surface area (Å²) in [5, 5.41) is 0.119. The molecule has 19 heavy (non-hydrogen) atoms. The van der Waals surface area contributed by atoms with Gasteiger partial charge in [-0.3, -0.25) is 4.72 Å². The third-order valence-electron chi connectivity index (χ3n) is 2.26. The quantitative estimate of drug-likeness (QED) is 0.710. The topological polar surface area (TPSA) is 59.1 Å². The molecule has 0 unspecified atom stereocenters. The van der Waals surface area contributed by atoms with Gasteiger partial charge >= 0.3 is 0 Å². The van der Waals surface area contributed by atoms with Crippen LogP contribution in [0.3, 0.4) is 0 Å². The van der Waals surface area contributed by atoms with Crippen molar-refractivity contribution in [3.63, 3.8) is 0 Å². The van der Waals surface area contributed by atoms with Crippen molar-refractivity contribution in [3.05, 3.63) is 36.6 Å². The van der Waals surface area contributed by atoms with Gasteiger partial charge in [-0.1, -0.05) is 11.6 Å². The predicted octanol–water partition coefficient (Wildman–Crippen LogP) is 4.43. The van der Waals surface area contributed by atoms with Crippen LogP contribution < -0.4 is 4.72 Å². The highest BCUT2D eigenvalue weighted by atomic mass is 79.9. The van der Waals surface area contributed by atoms with Crippen LogP contribution in [0, 0.1) is 6.92 Å². The zero-order valence-corrected chi connectivity index (χ0v) is 15.0. The monoisotopic (exact) mass is 444 g/mol. The standard InChI is InChI=1S/C10H7Br2ClN2O2S2/c1-5-2-3-14-10(13)8(5)15-19(16,17)6-4-7(11)18-9(6)12/h2-4,15H,1H3. The molecule has 2 rings (SSSR count). The fourth-order valence-electron chi connectivity index (χ4n) is 1.35. The SMILES string of the molecule is Cc1ccnc(Cl)c1NS(=O)(=O)c1cc(Br)sc1Br. The lowest BCUT2D eigenvalue weighted by Gasteiger charge is -2.10. The van der Waals surface area contributed by atoms with Crippen LogP contribution >= 0.6 is 54.8 Å². The number of thiophene rings is 1. The highest BCUT2D eigenvalue weighted by Crippen LogP contribution is 2.36. The molecule has 0 aliphatic heterocycles. The Balaban J connectivity index is 2.45. The minimum absolute atomic E-state index is 0.119. The van der Waals surface area contributed by atoms with Gasteiger partial charge in [-0.15, -0.1) is 11.3 Å². The molecule has 0 saturated heterocycles. The lowest BCUT2D eigenvalue weighted by atomic mass is 10.3. The molecule has 0 amide bonds. The van der Waals surface area contributed by atoms with Crippen LogP contribution in [0.25, 0.3) is 0 Å². The van der Waals surface area contributed by atoms with E-state index in [-0.39, 0.29) is 10.0 Å². The minimum Gasteiger partial charge on any atom is -0.276 e. The molecule has 9 heteroatoms. The summed E-state index contributed by atoms with van der Waals surface area (Å²) in [6.07, 6.45) is 1.52. The molecule has 0 aliphatic rings. The van der Waals surface area contributed by atoms with Crippen molar-refractivity contribution in [1.29, 1.82) is 0 Å². The van der Waals surface area contributed by atoms with Crippen molar-refractivity contribution in [2.45, 2.75) is 11.8 Å². The Morgan fingerprint density at radius 3 is 2.63 bits per heavy atom. The molecule has 102 valence electrons. The van der Waals surface area contributed by atoms with E-state index in [2.05, 4.69) is 41.6 Å². The fraction of sp³-hybridized carbons (Fsp3) is 0.100. The number of halogens is 3. The summed E-state index contributed by atoms with van der Waals surface area (Å²) in [4.78, 5) is 4.02. The summed E-state index contributed by atoms with van der Waals surface area (Å²) in [6.45, 7) is 1.75. The largest absolute Gasteiger partial charge is 0.276 e. The van der Waals surface area contributed by atoms with E-state index in [4.69, 9.17) is 11.6 Å². The highest BCUT2D eigenvalue weighted by molar-refractivity contribution is 9.12. The maximum absolute atomic E-state index is 12.3. The number of aromatic nitrogens is 1. The van der Waals surface area contributed by atoms with Gasteiger partial charge in [-0.05, 0) is 56.5 Å². The van der Waals surface area contributed by atoms with E-state index in [1.54, 1.807) is 13.0 Å². The number of hydrogen-bond acceptors (Lipinski definition) is 4. The second kappa shape index (κ2) is 5.69. The van der Waals surface area contributed by atoms with Gasteiger partial charge in [-0.2, -0.15) is 0 Å². The Labute approximate surface area is 136 Å². The number of anilines is 1. The van der Waals surface area contributed by atoms with E-state index < -0.39 is 10.0 Å². The van der Waals surface area contributed by atoms with Gasteiger partial charge in [0, 0.05) is 6.20 Å². The van der Waals surface area contributed by atoms with Crippen molar-refractivity contribution in [2.75, 3.05) is 4.72 Å². The molecule has 0 fully saturated rings. The van der Waals surface area contributed by atoms with Gasteiger partial charge in [0.05, 0.1) is 13.3 Å². The molecular formula is C10H7Br2ClN2O2S2. The normalized spacial score (nSPS) is 11.6. The third kappa shape index (κ3) is 3.30. The summed E-state index contributed by atoms with van der Waals surface area (Å²) >= 11 is 13.7. The molecule has 2 aromatic heterocycles. The smallest absolute Gasteiger partial charge is 0.264 e. The summed E-state index contributed by atoms with van der Waals surface area (Å²) < 4.78 is 28.3. The van der Waals surface area contributed by atoms with Crippen LogP contribution in [0.1, 0.15) is 5.56 Å². The van der Waals surface area contributed by atoms with Crippen LogP contribution in [0.4, 0.5) is 5.69 Å². The van der Waals surface area contributed by atoms with E-state index in [1.165, 1.54) is 23.6 Å². The minimum atomic E-state index is -3.71. The van der Waals surface area contributed by atoms with Gasteiger partial charge in [0.25, 0.3) is 10.0 Å². The Bertz CT molecular complexity index is 711. The molecule has 0 aliphatic carbocycles. The average Bonchev–Trinajstić information content (AvgIpc) is 2.64. The molecule has 2 aromatic rings. The molecule has 0 atom stereocenters. The Morgan fingerprint density at radius 2 is 2.11 bits per heavy atom. The van der Waals surface area contributed by atoms with Crippen molar-refractivity contribution in [2.24, 2.45) is 0 Å². The van der Waals surface area contributed by atoms with Gasteiger partial charge in [-0.25, -0.2) is 13.4 Å². The number of nitrogens with zero attached hydrogens (tertiary/aromatic N) is 1. The molecule has 0 aromatic carbocycles. The second-order valence-electron chi connectivity index (χ2n) is 3.59. The first-order chi connectivity index (χ1) is 8.81. The predicted molar refractivity (Wildman–Crippen MR) is 84.5 cm³/mol. The van der Waals surface area contributed by atoms with E-state index in [1.807, 2.05) is 0 Å². The first-order valence-electron chi connectivity index (χ1n) is 4.90. The number of nitrogens with one attached hydrogen (secondary N) is 1. The molecule has 0 saturated carbocycles. The van der Waals surface area contributed by atoms with Crippen molar-refractivity contribution < 1.29 is 8.42 Å². The zero-order valence-electron chi connectivity index (χ0n) is 9.45. The zero-order chi connectivity index (χ0) is 14.2. The summed E-state index contributed by atoms with van der Waals surface area (Å²) in [6, 6.07) is 3.21. The summed E-state index contributed by atoms with van der Waals surface area (Å²) in [5.74, 6) is 0. The number of pyridine rings is 1. The van der Waals surface area contributed by atoms with Crippen molar-refractivity contribution in [3.8, 4) is 0 Å². The molecule has 0 bridgehead atoms. The number of rotatable bonds is 3. The molecule has 4 nitrogen and oxygen atoms in total. The number of hydrogen-bond donors (Lipinski definition) is 1. The van der Waals surface area contributed by atoms with Crippen molar-refractivity contribution in [1.82, 2.24) is 4.98 Å². The first-order valence-corrected chi connectivity index (χ1v) is 9.16. The Hall–Kier alpha value is -0.150. The Morgan fingerprint density at radius 1 is 1.42 bits per heavy atom. The lowest BCUT2D eigenvalue weighted by Crippen LogP contribution is -2.14. The number of sulfonamides is 1. The third-order valence-corrected chi connectivity index (χ3v) is 6.66.